The Morgan fingerprint density at radius 3 is 2.53 bits per heavy atom. The first-order valence-corrected chi connectivity index (χ1v) is 7.03. The molecule has 0 saturated heterocycles. The van der Waals surface area contributed by atoms with E-state index in [0.29, 0.717) is 0 Å². The number of rotatable bonds is 6. The number of carboxylic acids is 1. The normalized spacial score (nSPS) is 10.2. The molecule has 0 amide bonds. The maximum Gasteiger partial charge on any atom is 0.313 e. The second-order valence-electron chi connectivity index (χ2n) is 3.04. The number of benzene rings is 1. The van der Waals surface area contributed by atoms with Gasteiger partial charge in [-0.05, 0) is 36.1 Å². The minimum absolute atomic E-state index is 0.197. The number of hydrogen-bond acceptors (Lipinski definition) is 3. The van der Waals surface area contributed by atoms with Crippen molar-refractivity contribution in [3.63, 3.8) is 0 Å². The Hall–Kier alpha value is -0.610. The molecule has 0 atom stereocenters. The molecule has 4 heteroatoms. The van der Waals surface area contributed by atoms with Crippen molar-refractivity contribution >= 4 is 29.5 Å². The van der Waals surface area contributed by atoms with E-state index in [9.17, 15) is 4.79 Å². The van der Waals surface area contributed by atoms with E-state index in [1.165, 1.54) is 22.2 Å². The van der Waals surface area contributed by atoms with Crippen LogP contribution in [0.25, 0.3) is 0 Å². The molecule has 0 aliphatic heterocycles. The first kappa shape index (κ1) is 12.5. The topological polar surface area (TPSA) is 37.3 Å². The highest BCUT2D eigenvalue weighted by Gasteiger charge is 1.98. The van der Waals surface area contributed by atoms with Crippen LogP contribution < -0.4 is 0 Å². The lowest BCUT2D eigenvalue weighted by molar-refractivity contribution is -0.133. The van der Waals surface area contributed by atoms with Crippen LogP contribution in [0.5, 0.6) is 0 Å². The third-order valence-corrected chi connectivity index (χ3v) is 3.61. The molecule has 15 heavy (non-hydrogen) atoms. The molecule has 0 saturated carbocycles. The quantitative estimate of drug-likeness (QED) is 0.615. The molecule has 0 bridgehead atoms. The fraction of sp³-hybridized carbons (Fsp3) is 0.364. The van der Waals surface area contributed by atoms with Crippen molar-refractivity contribution < 1.29 is 9.90 Å². The van der Waals surface area contributed by atoms with Gasteiger partial charge in [0.25, 0.3) is 0 Å². The van der Waals surface area contributed by atoms with Gasteiger partial charge in [0, 0.05) is 4.90 Å². The summed E-state index contributed by atoms with van der Waals surface area (Å²) in [6.07, 6.45) is 2.99. The first-order chi connectivity index (χ1) is 7.22. The van der Waals surface area contributed by atoms with Crippen LogP contribution >= 0.6 is 23.5 Å². The molecule has 1 rings (SSSR count). The van der Waals surface area contributed by atoms with Gasteiger partial charge >= 0.3 is 5.97 Å². The Labute approximate surface area is 98.5 Å². The predicted octanol–water partition coefficient (Wildman–Crippen LogP) is 2.77. The first-order valence-electron chi connectivity index (χ1n) is 4.65. The second kappa shape index (κ2) is 6.80. The average Bonchev–Trinajstić information content (AvgIpc) is 2.25. The van der Waals surface area contributed by atoms with Gasteiger partial charge in [-0.3, -0.25) is 4.79 Å². The molecule has 0 spiro atoms. The zero-order chi connectivity index (χ0) is 11.1. The SMILES string of the molecule is CSc1ccc(CCSCC(=O)O)cc1. The number of carbonyl (C=O) groups is 1. The molecule has 1 aromatic rings. The lowest BCUT2D eigenvalue weighted by atomic mass is 10.2. The van der Waals surface area contributed by atoms with Gasteiger partial charge in [-0.15, -0.1) is 23.5 Å². The van der Waals surface area contributed by atoms with Gasteiger partial charge in [-0.25, -0.2) is 0 Å². The van der Waals surface area contributed by atoms with Gasteiger partial charge in [0.15, 0.2) is 0 Å². The van der Waals surface area contributed by atoms with Gasteiger partial charge in [0.2, 0.25) is 0 Å². The summed E-state index contributed by atoms with van der Waals surface area (Å²) in [6, 6.07) is 8.41. The van der Waals surface area contributed by atoms with Gasteiger partial charge in [-0.2, -0.15) is 0 Å². The maximum atomic E-state index is 10.3. The maximum absolute atomic E-state index is 10.3. The number of hydrogen-bond donors (Lipinski definition) is 1. The Kier molecular flexibility index (Phi) is 5.65. The molecular formula is C11H14O2S2. The largest absolute Gasteiger partial charge is 0.481 e. The van der Waals surface area contributed by atoms with E-state index < -0.39 is 5.97 Å². The van der Waals surface area contributed by atoms with Gasteiger partial charge in [-0.1, -0.05) is 12.1 Å². The highest BCUT2D eigenvalue weighted by atomic mass is 32.2. The molecule has 0 heterocycles. The minimum Gasteiger partial charge on any atom is -0.481 e. The van der Waals surface area contributed by atoms with Crippen molar-refractivity contribution in [2.24, 2.45) is 0 Å². The fourth-order valence-corrected chi connectivity index (χ4v) is 2.25. The van der Waals surface area contributed by atoms with Gasteiger partial charge in [0.05, 0.1) is 5.75 Å². The standard InChI is InChI=1S/C11H14O2S2/c1-14-10-4-2-9(3-5-10)6-7-15-8-11(12)13/h2-5H,6-8H2,1H3,(H,12,13). The molecule has 0 unspecified atom stereocenters. The molecule has 2 nitrogen and oxygen atoms in total. The van der Waals surface area contributed by atoms with Crippen LogP contribution in [0.15, 0.2) is 29.2 Å². The summed E-state index contributed by atoms with van der Waals surface area (Å²) in [5.74, 6) is 0.325. The Morgan fingerprint density at radius 1 is 1.33 bits per heavy atom. The van der Waals surface area contributed by atoms with Crippen LogP contribution in [0.3, 0.4) is 0 Å². The van der Waals surface area contributed by atoms with Crippen molar-refractivity contribution in [3.05, 3.63) is 29.8 Å². The molecule has 0 radical (unpaired) electrons. The van der Waals surface area contributed by atoms with E-state index in [2.05, 4.69) is 30.5 Å². The molecule has 0 aliphatic carbocycles. The Balaban J connectivity index is 2.28. The lowest BCUT2D eigenvalue weighted by Crippen LogP contribution is -1.99. The van der Waals surface area contributed by atoms with Crippen LogP contribution in [0.4, 0.5) is 0 Å². The van der Waals surface area contributed by atoms with E-state index >= 15 is 0 Å². The Bertz CT molecular complexity index is 309. The number of aryl methyl sites for hydroxylation is 1. The molecule has 0 aromatic heterocycles. The van der Waals surface area contributed by atoms with Crippen molar-refractivity contribution in [2.45, 2.75) is 11.3 Å². The fourth-order valence-electron chi connectivity index (χ4n) is 1.14. The van der Waals surface area contributed by atoms with Crippen LogP contribution in [0.2, 0.25) is 0 Å². The lowest BCUT2D eigenvalue weighted by Gasteiger charge is -2.01. The molecule has 0 fully saturated rings. The number of carboxylic acid groups (broad SMARTS) is 1. The zero-order valence-corrected chi connectivity index (χ0v) is 10.2. The summed E-state index contributed by atoms with van der Waals surface area (Å²) >= 11 is 3.19. The molecule has 1 aromatic carbocycles. The smallest absolute Gasteiger partial charge is 0.313 e. The van der Waals surface area contributed by atoms with Crippen molar-refractivity contribution in [1.29, 1.82) is 0 Å². The highest BCUT2D eigenvalue weighted by Crippen LogP contribution is 2.15. The van der Waals surface area contributed by atoms with E-state index in [-0.39, 0.29) is 5.75 Å². The molecule has 0 aliphatic rings. The van der Waals surface area contributed by atoms with Crippen molar-refractivity contribution in [3.8, 4) is 0 Å². The number of aliphatic carboxylic acids is 1. The van der Waals surface area contributed by atoms with Gasteiger partial charge < -0.3 is 5.11 Å². The highest BCUT2D eigenvalue weighted by molar-refractivity contribution is 7.99. The van der Waals surface area contributed by atoms with E-state index in [0.717, 1.165) is 12.2 Å². The molecule has 82 valence electrons. The summed E-state index contributed by atoms with van der Waals surface area (Å²) < 4.78 is 0. The third-order valence-electron chi connectivity index (χ3n) is 1.92. The molecular weight excluding hydrogens is 228 g/mol. The van der Waals surface area contributed by atoms with Crippen LogP contribution in [-0.2, 0) is 11.2 Å². The summed E-state index contributed by atoms with van der Waals surface area (Å²) in [5, 5.41) is 8.46. The number of thioether (sulfide) groups is 2. The van der Waals surface area contributed by atoms with E-state index in [1.807, 2.05) is 0 Å². The predicted molar refractivity (Wildman–Crippen MR) is 66.9 cm³/mol. The summed E-state index contributed by atoms with van der Waals surface area (Å²) in [5.41, 5.74) is 1.27. The third kappa shape index (κ3) is 5.14. The van der Waals surface area contributed by atoms with Gasteiger partial charge in [0.1, 0.15) is 0 Å². The Morgan fingerprint density at radius 2 is 2.00 bits per heavy atom. The van der Waals surface area contributed by atoms with E-state index in [4.69, 9.17) is 5.11 Å². The van der Waals surface area contributed by atoms with Crippen LogP contribution in [0.1, 0.15) is 5.56 Å². The second-order valence-corrected chi connectivity index (χ2v) is 5.03. The van der Waals surface area contributed by atoms with Crippen molar-refractivity contribution in [1.82, 2.24) is 0 Å². The summed E-state index contributed by atoms with van der Waals surface area (Å²) in [7, 11) is 0. The zero-order valence-electron chi connectivity index (χ0n) is 8.60. The van der Waals surface area contributed by atoms with Crippen molar-refractivity contribution in [2.75, 3.05) is 17.8 Å². The summed E-state index contributed by atoms with van der Waals surface area (Å²) in [4.78, 5) is 11.5. The molecule has 1 N–H and O–H groups in total. The van der Waals surface area contributed by atoms with Crippen LogP contribution in [0, 0.1) is 0 Å². The monoisotopic (exact) mass is 242 g/mol. The van der Waals surface area contributed by atoms with E-state index in [1.54, 1.807) is 11.8 Å². The summed E-state index contributed by atoms with van der Waals surface area (Å²) in [6.45, 7) is 0. The van der Waals surface area contributed by atoms with Crippen LogP contribution in [-0.4, -0.2) is 28.8 Å². The average molecular weight is 242 g/mol. The minimum atomic E-state index is -0.738.